The number of amides is 1. The quantitative estimate of drug-likeness (QED) is 0.930. The van der Waals surface area contributed by atoms with Crippen molar-refractivity contribution < 1.29 is 9.53 Å². The van der Waals surface area contributed by atoms with Crippen LogP contribution in [-0.4, -0.2) is 46.2 Å². The van der Waals surface area contributed by atoms with Crippen molar-refractivity contribution in [3.8, 4) is 0 Å². The number of H-pyrrole nitrogens is 1. The normalized spacial score (nSPS) is 18.4. The minimum Gasteiger partial charge on any atom is -0.381 e. The van der Waals surface area contributed by atoms with E-state index < -0.39 is 0 Å². The molecule has 1 aliphatic rings. The number of aromatic nitrogens is 3. The molecule has 6 nitrogen and oxygen atoms in total. The van der Waals surface area contributed by atoms with E-state index in [9.17, 15) is 4.79 Å². The highest BCUT2D eigenvalue weighted by Crippen LogP contribution is 2.26. The smallest absolute Gasteiger partial charge is 0.257 e. The van der Waals surface area contributed by atoms with Crippen LogP contribution in [0.2, 0.25) is 0 Å². The lowest BCUT2D eigenvalue weighted by atomic mass is 10.0. The van der Waals surface area contributed by atoms with Crippen LogP contribution in [0.15, 0.2) is 17.8 Å². The number of thiazole rings is 1. The zero-order valence-electron chi connectivity index (χ0n) is 11.2. The van der Waals surface area contributed by atoms with Gasteiger partial charge in [-0.25, -0.2) is 4.98 Å². The summed E-state index contributed by atoms with van der Waals surface area (Å²) in [5.41, 5.74) is 1.53. The fraction of sp³-hybridized carbons (Fsp3) is 0.462. The maximum atomic E-state index is 12.5. The summed E-state index contributed by atoms with van der Waals surface area (Å²) < 4.78 is 5.38. The van der Waals surface area contributed by atoms with Gasteiger partial charge in [-0.05, 0) is 6.42 Å². The number of nitrogens with zero attached hydrogens (tertiary/aromatic N) is 3. The van der Waals surface area contributed by atoms with Gasteiger partial charge in [0.1, 0.15) is 5.01 Å². The molecule has 1 saturated heterocycles. The highest BCUT2D eigenvalue weighted by atomic mass is 32.1. The summed E-state index contributed by atoms with van der Waals surface area (Å²) in [5.74, 6) is 0.209. The zero-order valence-corrected chi connectivity index (χ0v) is 12.0. The first-order valence-corrected chi connectivity index (χ1v) is 7.38. The van der Waals surface area contributed by atoms with Crippen LogP contribution in [0.25, 0.3) is 0 Å². The molecule has 2 aromatic rings. The monoisotopic (exact) mass is 292 g/mol. The third-order valence-electron chi connectivity index (χ3n) is 3.44. The molecule has 0 radical (unpaired) electrons. The molecule has 1 unspecified atom stereocenters. The van der Waals surface area contributed by atoms with Crippen LogP contribution < -0.4 is 0 Å². The van der Waals surface area contributed by atoms with Gasteiger partial charge in [0.15, 0.2) is 0 Å². The summed E-state index contributed by atoms with van der Waals surface area (Å²) in [6.45, 7) is 1.91. The molecule has 7 heteroatoms. The second-order valence-electron chi connectivity index (χ2n) is 4.84. The predicted octanol–water partition coefficient (Wildman–Crippen LogP) is 1.64. The van der Waals surface area contributed by atoms with Gasteiger partial charge in [0, 0.05) is 31.1 Å². The van der Waals surface area contributed by atoms with Gasteiger partial charge in [-0.3, -0.25) is 9.89 Å². The fourth-order valence-corrected chi connectivity index (χ4v) is 3.02. The van der Waals surface area contributed by atoms with Gasteiger partial charge in [-0.1, -0.05) is 0 Å². The van der Waals surface area contributed by atoms with Crippen LogP contribution in [0, 0.1) is 0 Å². The molecular formula is C13H16N4O2S. The standard InChI is InChI=1S/C13H16N4O2S/c1-17(7-11-14-3-5-20-11)13(18)10-6-15-16-12(10)9-2-4-19-8-9/h3,5-6,9H,2,4,7-8H2,1H3,(H,15,16). The van der Waals surface area contributed by atoms with E-state index in [1.54, 1.807) is 35.7 Å². The second kappa shape index (κ2) is 5.72. The van der Waals surface area contributed by atoms with Crippen molar-refractivity contribution in [2.45, 2.75) is 18.9 Å². The number of rotatable bonds is 4. The summed E-state index contributed by atoms with van der Waals surface area (Å²) in [5, 5.41) is 9.81. The first-order valence-electron chi connectivity index (χ1n) is 6.50. The molecule has 0 bridgehead atoms. The van der Waals surface area contributed by atoms with Crippen molar-refractivity contribution in [2.24, 2.45) is 0 Å². The number of nitrogens with one attached hydrogen (secondary N) is 1. The van der Waals surface area contributed by atoms with Crippen LogP contribution in [0.1, 0.15) is 33.4 Å². The van der Waals surface area contributed by atoms with E-state index in [0.717, 1.165) is 23.7 Å². The zero-order chi connectivity index (χ0) is 13.9. The van der Waals surface area contributed by atoms with Crippen molar-refractivity contribution in [3.05, 3.63) is 34.0 Å². The number of ether oxygens (including phenoxy) is 1. The maximum absolute atomic E-state index is 12.5. The number of hydrogen-bond acceptors (Lipinski definition) is 5. The second-order valence-corrected chi connectivity index (χ2v) is 5.82. The Hall–Kier alpha value is -1.73. The van der Waals surface area contributed by atoms with E-state index >= 15 is 0 Å². The molecule has 0 saturated carbocycles. The Morgan fingerprint density at radius 1 is 1.65 bits per heavy atom. The Bertz CT molecular complexity index is 575. The SMILES string of the molecule is CN(Cc1nccs1)C(=O)c1cn[nH]c1C1CCOC1. The lowest BCUT2D eigenvalue weighted by molar-refractivity contribution is 0.0783. The molecule has 0 aliphatic carbocycles. The van der Waals surface area contributed by atoms with Crippen LogP contribution in [0.5, 0.6) is 0 Å². The average Bonchev–Trinajstić information content (AvgIpc) is 3.18. The van der Waals surface area contributed by atoms with E-state index in [2.05, 4.69) is 15.2 Å². The van der Waals surface area contributed by atoms with Crippen LogP contribution in [0.4, 0.5) is 0 Å². The number of hydrogen-bond donors (Lipinski definition) is 1. The Labute approximate surface area is 120 Å². The Kier molecular flexibility index (Phi) is 3.79. The summed E-state index contributed by atoms with van der Waals surface area (Å²) in [6.07, 6.45) is 4.28. The van der Waals surface area contributed by atoms with Crippen LogP contribution in [0.3, 0.4) is 0 Å². The van der Waals surface area contributed by atoms with Gasteiger partial charge >= 0.3 is 0 Å². The minimum atomic E-state index is -0.0316. The van der Waals surface area contributed by atoms with E-state index in [1.165, 1.54) is 0 Å². The number of aromatic amines is 1. The predicted molar refractivity (Wildman–Crippen MR) is 74.7 cm³/mol. The van der Waals surface area contributed by atoms with Crippen molar-refractivity contribution in [1.29, 1.82) is 0 Å². The molecule has 0 aromatic carbocycles. The van der Waals surface area contributed by atoms with Gasteiger partial charge in [0.05, 0.1) is 30.6 Å². The molecule has 1 fully saturated rings. The molecule has 1 aliphatic heterocycles. The third kappa shape index (κ3) is 2.59. The molecule has 20 heavy (non-hydrogen) atoms. The first-order chi connectivity index (χ1) is 9.75. The number of carbonyl (C=O) groups is 1. The fourth-order valence-electron chi connectivity index (χ4n) is 2.35. The first kappa shape index (κ1) is 13.3. The molecule has 0 spiro atoms. The van der Waals surface area contributed by atoms with Crippen LogP contribution >= 0.6 is 11.3 Å². The molecule has 106 valence electrons. The molecule has 1 amide bonds. The van der Waals surface area contributed by atoms with E-state index in [4.69, 9.17) is 4.74 Å². The van der Waals surface area contributed by atoms with Crippen molar-refractivity contribution in [3.63, 3.8) is 0 Å². The molecule has 3 rings (SSSR count). The maximum Gasteiger partial charge on any atom is 0.257 e. The topological polar surface area (TPSA) is 71.1 Å². The summed E-state index contributed by atoms with van der Waals surface area (Å²) in [7, 11) is 1.78. The van der Waals surface area contributed by atoms with Gasteiger partial charge in [-0.2, -0.15) is 5.10 Å². The van der Waals surface area contributed by atoms with Crippen molar-refractivity contribution >= 4 is 17.2 Å². The van der Waals surface area contributed by atoms with E-state index in [-0.39, 0.29) is 11.8 Å². The van der Waals surface area contributed by atoms with Crippen molar-refractivity contribution in [2.75, 3.05) is 20.3 Å². The summed E-state index contributed by atoms with van der Waals surface area (Å²) in [4.78, 5) is 18.4. The number of carbonyl (C=O) groups excluding carboxylic acids is 1. The molecule has 3 heterocycles. The minimum absolute atomic E-state index is 0.0316. The van der Waals surface area contributed by atoms with Gasteiger partial charge in [0.2, 0.25) is 0 Å². The average molecular weight is 292 g/mol. The van der Waals surface area contributed by atoms with E-state index in [0.29, 0.717) is 18.7 Å². The lowest BCUT2D eigenvalue weighted by Gasteiger charge is -2.16. The van der Waals surface area contributed by atoms with Crippen LogP contribution in [-0.2, 0) is 11.3 Å². The lowest BCUT2D eigenvalue weighted by Crippen LogP contribution is -2.27. The third-order valence-corrected chi connectivity index (χ3v) is 4.20. The molecule has 2 aromatic heterocycles. The Balaban J connectivity index is 1.75. The van der Waals surface area contributed by atoms with Gasteiger partial charge in [0.25, 0.3) is 5.91 Å². The van der Waals surface area contributed by atoms with Crippen molar-refractivity contribution in [1.82, 2.24) is 20.1 Å². The summed E-state index contributed by atoms with van der Waals surface area (Å²) in [6, 6.07) is 0. The molecule has 1 atom stereocenters. The highest BCUT2D eigenvalue weighted by molar-refractivity contribution is 7.09. The highest BCUT2D eigenvalue weighted by Gasteiger charge is 2.26. The summed E-state index contributed by atoms with van der Waals surface area (Å²) >= 11 is 1.55. The van der Waals surface area contributed by atoms with Gasteiger partial charge < -0.3 is 9.64 Å². The molecular weight excluding hydrogens is 276 g/mol. The Morgan fingerprint density at radius 3 is 3.25 bits per heavy atom. The van der Waals surface area contributed by atoms with Gasteiger partial charge in [-0.15, -0.1) is 11.3 Å². The molecule has 1 N–H and O–H groups in total. The van der Waals surface area contributed by atoms with E-state index in [1.807, 2.05) is 5.38 Å². The largest absolute Gasteiger partial charge is 0.381 e. The Morgan fingerprint density at radius 2 is 2.55 bits per heavy atom.